The Labute approximate surface area is 136 Å². The number of ether oxygens (including phenoxy) is 1. The second-order valence-corrected chi connectivity index (χ2v) is 6.85. The number of carbonyl (C=O) groups excluding carboxylic acids is 3. The number of rotatable bonds is 4. The largest absolute Gasteiger partial charge is 0.448 e. The lowest BCUT2D eigenvalue weighted by Gasteiger charge is -2.12. The lowest BCUT2D eigenvalue weighted by atomic mass is 10.3. The van der Waals surface area contributed by atoms with Gasteiger partial charge in [-0.1, -0.05) is 0 Å². The molecule has 0 aliphatic rings. The van der Waals surface area contributed by atoms with Crippen LogP contribution in [0.15, 0.2) is 14.3 Å². The molecule has 0 saturated carbocycles. The predicted octanol–water partition coefficient (Wildman–Crippen LogP) is 2.66. The molecule has 0 spiro atoms. The molecule has 0 saturated heterocycles. The smallest absolute Gasteiger partial charge is 0.349 e. The molecule has 1 rings (SSSR count). The molecule has 1 aromatic heterocycles. The highest BCUT2D eigenvalue weighted by molar-refractivity contribution is 9.13. The first kappa shape index (κ1) is 17.1. The first-order valence-electron chi connectivity index (χ1n) is 5.59. The standard InChI is InChI=1S/C11H12Br2N2O4S/c1-3-14-11(18)15-9(16)5(2)19-10(17)7-4-6(12)8(13)20-7/h4-5H,3H2,1-2H3,(H2,14,15,16,18). The zero-order chi connectivity index (χ0) is 15.3. The number of thiophene rings is 1. The van der Waals surface area contributed by atoms with Crippen molar-refractivity contribution in [2.24, 2.45) is 0 Å². The molecular formula is C11H12Br2N2O4S. The third kappa shape index (κ3) is 4.88. The van der Waals surface area contributed by atoms with Crippen molar-refractivity contribution in [1.29, 1.82) is 0 Å². The molecule has 1 unspecified atom stereocenters. The van der Waals surface area contributed by atoms with Crippen molar-refractivity contribution in [3.05, 3.63) is 19.2 Å². The summed E-state index contributed by atoms with van der Waals surface area (Å²) in [6, 6.07) is 0.966. The van der Waals surface area contributed by atoms with E-state index in [1.165, 1.54) is 18.3 Å². The van der Waals surface area contributed by atoms with Crippen LogP contribution < -0.4 is 10.6 Å². The number of esters is 1. The van der Waals surface area contributed by atoms with Crippen LogP contribution in [0.2, 0.25) is 0 Å². The second kappa shape index (κ2) is 7.75. The average Bonchev–Trinajstić information content (AvgIpc) is 2.69. The van der Waals surface area contributed by atoms with Crippen LogP contribution in [0.4, 0.5) is 4.79 Å². The van der Waals surface area contributed by atoms with E-state index in [1.54, 1.807) is 13.0 Å². The summed E-state index contributed by atoms with van der Waals surface area (Å²) in [7, 11) is 0. The van der Waals surface area contributed by atoms with Gasteiger partial charge in [0.1, 0.15) is 4.88 Å². The summed E-state index contributed by atoms with van der Waals surface area (Å²) in [6.07, 6.45) is -1.07. The van der Waals surface area contributed by atoms with Crippen molar-refractivity contribution in [3.8, 4) is 0 Å². The van der Waals surface area contributed by atoms with Gasteiger partial charge in [0, 0.05) is 11.0 Å². The second-order valence-electron chi connectivity index (χ2n) is 3.63. The van der Waals surface area contributed by atoms with Crippen molar-refractivity contribution >= 4 is 61.1 Å². The highest BCUT2D eigenvalue weighted by atomic mass is 79.9. The Morgan fingerprint density at radius 2 is 2.05 bits per heavy atom. The molecule has 0 bridgehead atoms. The quantitative estimate of drug-likeness (QED) is 0.723. The Morgan fingerprint density at radius 3 is 2.55 bits per heavy atom. The van der Waals surface area contributed by atoms with Crippen LogP contribution >= 0.6 is 43.2 Å². The molecule has 6 nitrogen and oxygen atoms in total. The number of halogens is 2. The van der Waals surface area contributed by atoms with Gasteiger partial charge < -0.3 is 10.1 Å². The molecule has 0 aromatic carbocycles. The van der Waals surface area contributed by atoms with E-state index in [2.05, 4.69) is 42.5 Å². The number of carbonyl (C=O) groups is 3. The molecule has 110 valence electrons. The average molecular weight is 428 g/mol. The molecular weight excluding hydrogens is 416 g/mol. The van der Waals surface area contributed by atoms with Gasteiger partial charge in [0.25, 0.3) is 5.91 Å². The number of hydrogen-bond donors (Lipinski definition) is 2. The highest BCUT2D eigenvalue weighted by Crippen LogP contribution is 2.32. The van der Waals surface area contributed by atoms with Gasteiger partial charge in [-0.15, -0.1) is 11.3 Å². The minimum atomic E-state index is -1.07. The molecule has 1 atom stereocenters. The lowest BCUT2D eigenvalue weighted by molar-refractivity contribution is -0.127. The van der Waals surface area contributed by atoms with Crippen LogP contribution in [-0.2, 0) is 9.53 Å². The molecule has 1 heterocycles. The summed E-state index contributed by atoms with van der Waals surface area (Å²) in [4.78, 5) is 34.9. The summed E-state index contributed by atoms with van der Waals surface area (Å²) < 4.78 is 6.47. The monoisotopic (exact) mass is 426 g/mol. The molecule has 20 heavy (non-hydrogen) atoms. The number of imide groups is 1. The van der Waals surface area contributed by atoms with Crippen molar-refractivity contribution in [1.82, 2.24) is 10.6 Å². The molecule has 0 radical (unpaired) electrons. The van der Waals surface area contributed by atoms with E-state index in [4.69, 9.17) is 4.74 Å². The van der Waals surface area contributed by atoms with E-state index in [9.17, 15) is 14.4 Å². The Balaban J connectivity index is 2.57. The maximum Gasteiger partial charge on any atom is 0.349 e. The van der Waals surface area contributed by atoms with Crippen molar-refractivity contribution in [2.45, 2.75) is 20.0 Å². The number of amides is 3. The fourth-order valence-corrected chi connectivity index (χ4v) is 3.06. The number of urea groups is 1. The Bertz CT molecular complexity index is 513. The van der Waals surface area contributed by atoms with Gasteiger partial charge in [-0.25, -0.2) is 9.59 Å². The van der Waals surface area contributed by atoms with Crippen molar-refractivity contribution in [2.75, 3.05) is 6.54 Å². The fraction of sp³-hybridized carbons (Fsp3) is 0.364. The van der Waals surface area contributed by atoms with Crippen LogP contribution in [0.3, 0.4) is 0 Å². The highest BCUT2D eigenvalue weighted by Gasteiger charge is 2.22. The van der Waals surface area contributed by atoms with E-state index >= 15 is 0 Å². The molecule has 0 fully saturated rings. The van der Waals surface area contributed by atoms with Gasteiger partial charge in [-0.05, 0) is 51.8 Å². The Morgan fingerprint density at radius 1 is 1.40 bits per heavy atom. The van der Waals surface area contributed by atoms with Gasteiger partial charge in [0.05, 0.1) is 3.79 Å². The summed E-state index contributed by atoms with van der Waals surface area (Å²) in [5, 5.41) is 4.48. The minimum Gasteiger partial charge on any atom is -0.448 e. The van der Waals surface area contributed by atoms with Crippen LogP contribution in [0.5, 0.6) is 0 Å². The van der Waals surface area contributed by atoms with Crippen LogP contribution in [0.1, 0.15) is 23.5 Å². The SMILES string of the molecule is CCNC(=O)NC(=O)C(C)OC(=O)c1cc(Br)c(Br)s1. The first-order valence-corrected chi connectivity index (χ1v) is 7.99. The Kier molecular flexibility index (Phi) is 6.63. The van der Waals surface area contributed by atoms with Crippen molar-refractivity contribution < 1.29 is 19.1 Å². The zero-order valence-corrected chi connectivity index (χ0v) is 14.6. The fourth-order valence-electron chi connectivity index (χ4n) is 1.14. The topological polar surface area (TPSA) is 84.5 Å². The van der Waals surface area contributed by atoms with Gasteiger partial charge >= 0.3 is 12.0 Å². The third-order valence-corrected chi connectivity index (χ3v) is 5.31. The maximum absolute atomic E-state index is 11.8. The summed E-state index contributed by atoms with van der Waals surface area (Å²) in [6.45, 7) is 3.51. The Hall–Kier alpha value is -0.930. The van der Waals surface area contributed by atoms with Gasteiger partial charge in [0.2, 0.25) is 0 Å². The first-order chi connectivity index (χ1) is 9.35. The summed E-state index contributed by atoms with van der Waals surface area (Å²) in [5.41, 5.74) is 0. The van der Waals surface area contributed by atoms with Gasteiger partial charge in [-0.3, -0.25) is 10.1 Å². The van der Waals surface area contributed by atoms with Crippen molar-refractivity contribution in [3.63, 3.8) is 0 Å². The molecule has 2 N–H and O–H groups in total. The third-order valence-electron chi connectivity index (χ3n) is 2.07. The predicted molar refractivity (Wildman–Crippen MR) is 81.8 cm³/mol. The van der Waals surface area contributed by atoms with Crippen LogP contribution in [-0.4, -0.2) is 30.6 Å². The minimum absolute atomic E-state index is 0.349. The molecule has 0 aliphatic heterocycles. The van der Waals surface area contributed by atoms with E-state index in [0.717, 1.165) is 8.26 Å². The summed E-state index contributed by atoms with van der Waals surface area (Å²) in [5.74, 6) is -1.31. The zero-order valence-electron chi connectivity index (χ0n) is 10.7. The lowest BCUT2D eigenvalue weighted by Crippen LogP contribution is -2.44. The van der Waals surface area contributed by atoms with E-state index < -0.39 is 24.0 Å². The molecule has 1 aromatic rings. The molecule has 3 amide bonds. The van der Waals surface area contributed by atoms with E-state index in [1.807, 2.05) is 0 Å². The van der Waals surface area contributed by atoms with Gasteiger partial charge in [-0.2, -0.15) is 0 Å². The molecule has 9 heteroatoms. The maximum atomic E-state index is 11.8. The van der Waals surface area contributed by atoms with Gasteiger partial charge in [0.15, 0.2) is 6.10 Å². The van der Waals surface area contributed by atoms with Crippen LogP contribution in [0.25, 0.3) is 0 Å². The number of hydrogen-bond acceptors (Lipinski definition) is 5. The van der Waals surface area contributed by atoms with E-state index in [0.29, 0.717) is 11.4 Å². The summed E-state index contributed by atoms with van der Waals surface area (Å²) >= 11 is 7.70. The molecule has 0 aliphatic carbocycles. The number of nitrogens with one attached hydrogen (secondary N) is 2. The van der Waals surface area contributed by atoms with Crippen LogP contribution in [0, 0.1) is 0 Å². The normalized spacial score (nSPS) is 11.6. The van der Waals surface area contributed by atoms with E-state index in [-0.39, 0.29) is 0 Å².